The number of hydrogen-bond donors (Lipinski definition) is 0. The molecule has 0 N–H and O–H groups in total. The zero-order chi connectivity index (χ0) is 29.9. The molecule has 0 radical (unpaired) electrons. The Morgan fingerprint density at radius 1 is 0.732 bits per heavy atom. The number of benzene rings is 3. The largest absolute Gasteiger partial charge is 0.496 e. The predicted molar refractivity (Wildman–Crippen MR) is 159 cm³/mol. The van der Waals surface area contributed by atoms with Crippen molar-refractivity contribution in [3.63, 3.8) is 0 Å². The van der Waals surface area contributed by atoms with Crippen LogP contribution in [0.3, 0.4) is 0 Å². The number of methoxy groups -OCH3 is 4. The summed E-state index contributed by atoms with van der Waals surface area (Å²) in [5.74, 6) is 1.85. The van der Waals surface area contributed by atoms with Crippen LogP contribution in [0.15, 0.2) is 67.8 Å². The second-order valence-electron chi connectivity index (χ2n) is 9.14. The topological polar surface area (TPSA) is 81.7 Å². The van der Waals surface area contributed by atoms with Crippen molar-refractivity contribution in [3.05, 3.63) is 95.6 Å². The van der Waals surface area contributed by atoms with Crippen molar-refractivity contribution in [2.45, 2.75) is 26.4 Å². The number of ether oxygens (including phenoxy) is 7. The van der Waals surface area contributed by atoms with Crippen molar-refractivity contribution in [2.24, 2.45) is 0 Å². The molecule has 0 saturated heterocycles. The van der Waals surface area contributed by atoms with Crippen molar-refractivity contribution in [1.82, 2.24) is 0 Å². The van der Waals surface area contributed by atoms with Gasteiger partial charge in [0.15, 0.2) is 6.10 Å². The number of hydrogen-bond acceptors (Lipinski definition) is 8. The Balaban J connectivity index is 1.87. The minimum atomic E-state index is -0.769. The molecule has 0 spiro atoms. The van der Waals surface area contributed by atoms with Crippen LogP contribution in [0.25, 0.3) is 11.5 Å². The van der Waals surface area contributed by atoms with Crippen LogP contribution in [0.1, 0.15) is 39.5 Å². The summed E-state index contributed by atoms with van der Waals surface area (Å²) in [6, 6.07) is 16.8. The van der Waals surface area contributed by atoms with Crippen molar-refractivity contribution in [2.75, 3.05) is 41.7 Å². The fraction of sp³-hybridized carbons (Fsp3) is 0.303. The molecule has 0 bridgehead atoms. The van der Waals surface area contributed by atoms with E-state index in [0.717, 1.165) is 23.1 Å². The summed E-state index contributed by atoms with van der Waals surface area (Å²) in [5, 5.41) is 0. The minimum absolute atomic E-state index is 0.0138. The van der Waals surface area contributed by atoms with E-state index in [1.807, 2.05) is 56.3 Å². The van der Waals surface area contributed by atoms with Gasteiger partial charge in [-0.15, -0.1) is 0 Å². The zero-order valence-electron chi connectivity index (χ0n) is 24.6. The molecule has 0 aliphatic rings. The average molecular weight is 563 g/mol. The summed E-state index contributed by atoms with van der Waals surface area (Å²) in [6.07, 6.45) is 0.0231. The van der Waals surface area contributed by atoms with Crippen LogP contribution >= 0.6 is 0 Å². The van der Waals surface area contributed by atoms with Crippen LogP contribution in [0, 0.1) is 6.92 Å². The van der Waals surface area contributed by atoms with E-state index in [1.54, 1.807) is 26.4 Å². The third-order valence-corrected chi connectivity index (χ3v) is 6.36. The van der Waals surface area contributed by atoms with E-state index in [2.05, 4.69) is 13.2 Å². The SMILES string of the molecule is C=C(OCC(COC(=O)c1c(OC)cc(C)cc1OC)OC(=C)c1c(OC)cc(CC)cc1OC)c1ccccc1. The highest BCUT2D eigenvalue weighted by Gasteiger charge is 2.25. The Morgan fingerprint density at radius 2 is 1.24 bits per heavy atom. The summed E-state index contributed by atoms with van der Waals surface area (Å²) in [5.41, 5.74) is 3.44. The molecule has 0 amide bonds. The number of esters is 1. The van der Waals surface area contributed by atoms with E-state index in [4.69, 9.17) is 33.2 Å². The maximum atomic E-state index is 13.2. The van der Waals surface area contributed by atoms with Gasteiger partial charge in [0.05, 0.1) is 34.0 Å². The third kappa shape index (κ3) is 7.75. The fourth-order valence-electron chi connectivity index (χ4n) is 4.21. The highest BCUT2D eigenvalue weighted by atomic mass is 16.6. The molecule has 3 aromatic carbocycles. The van der Waals surface area contributed by atoms with Crippen molar-refractivity contribution >= 4 is 17.5 Å². The van der Waals surface area contributed by atoms with Gasteiger partial charge in [0.2, 0.25) is 0 Å². The lowest BCUT2D eigenvalue weighted by atomic mass is 10.1. The standard InChI is InChI=1S/C33H38O8/c1-9-24-17-29(37-7)31(30(18-24)38-8)23(4)41-26(19-39-22(3)25-13-11-10-12-14-25)20-40-33(34)32-27(35-5)15-21(2)16-28(32)36-6/h10-18,26H,3-4,9,19-20H2,1-2,5-8H3. The second kappa shape index (κ2) is 14.7. The monoisotopic (exact) mass is 562 g/mol. The lowest BCUT2D eigenvalue weighted by Crippen LogP contribution is -2.27. The van der Waals surface area contributed by atoms with Crippen LogP contribution in [-0.4, -0.2) is 53.7 Å². The molecule has 3 rings (SSSR count). The zero-order valence-corrected chi connectivity index (χ0v) is 24.6. The first-order chi connectivity index (χ1) is 19.8. The Morgan fingerprint density at radius 3 is 1.76 bits per heavy atom. The van der Waals surface area contributed by atoms with Gasteiger partial charge in [-0.1, -0.05) is 50.4 Å². The summed E-state index contributed by atoms with van der Waals surface area (Å²) in [4.78, 5) is 13.2. The molecule has 218 valence electrons. The van der Waals surface area contributed by atoms with Gasteiger partial charge in [0.25, 0.3) is 0 Å². The minimum Gasteiger partial charge on any atom is -0.496 e. The summed E-state index contributed by atoms with van der Waals surface area (Å²) < 4.78 is 40.0. The maximum Gasteiger partial charge on any atom is 0.345 e. The second-order valence-corrected chi connectivity index (χ2v) is 9.14. The molecule has 8 heteroatoms. The van der Waals surface area contributed by atoms with Gasteiger partial charge in [0.1, 0.15) is 53.3 Å². The molecule has 0 aliphatic carbocycles. The smallest absolute Gasteiger partial charge is 0.345 e. The van der Waals surface area contributed by atoms with E-state index in [9.17, 15) is 4.79 Å². The first-order valence-electron chi connectivity index (χ1n) is 13.1. The highest BCUT2D eigenvalue weighted by Crippen LogP contribution is 2.37. The van der Waals surface area contributed by atoms with Gasteiger partial charge in [-0.3, -0.25) is 0 Å². The van der Waals surface area contributed by atoms with Crippen LogP contribution in [0.5, 0.6) is 23.0 Å². The normalized spacial score (nSPS) is 11.2. The van der Waals surface area contributed by atoms with E-state index >= 15 is 0 Å². The molecular weight excluding hydrogens is 524 g/mol. The van der Waals surface area contributed by atoms with E-state index in [0.29, 0.717) is 34.3 Å². The van der Waals surface area contributed by atoms with Crippen molar-refractivity contribution < 1.29 is 38.0 Å². The lowest BCUT2D eigenvalue weighted by molar-refractivity contribution is 0.00886. The van der Waals surface area contributed by atoms with Crippen LogP contribution in [0.4, 0.5) is 0 Å². The number of rotatable bonds is 15. The number of carbonyl (C=O) groups excluding carboxylic acids is 1. The Hall–Kier alpha value is -4.59. The summed E-state index contributed by atoms with van der Waals surface area (Å²) >= 11 is 0. The Labute approximate surface area is 242 Å². The van der Waals surface area contributed by atoms with Gasteiger partial charge in [-0.05, 0) is 48.7 Å². The number of aryl methyl sites for hydroxylation is 2. The van der Waals surface area contributed by atoms with Crippen LogP contribution < -0.4 is 18.9 Å². The molecular formula is C33H38O8. The van der Waals surface area contributed by atoms with Crippen LogP contribution in [0.2, 0.25) is 0 Å². The Kier molecular flexibility index (Phi) is 11.1. The predicted octanol–water partition coefficient (Wildman–Crippen LogP) is 6.49. The van der Waals surface area contributed by atoms with E-state index in [-0.39, 0.29) is 24.5 Å². The van der Waals surface area contributed by atoms with Gasteiger partial charge >= 0.3 is 5.97 Å². The van der Waals surface area contributed by atoms with Crippen molar-refractivity contribution in [3.8, 4) is 23.0 Å². The quantitative estimate of drug-likeness (QED) is 0.154. The summed E-state index contributed by atoms with van der Waals surface area (Å²) in [7, 11) is 6.10. The molecule has 0 saturated carbocycles. The van der Waals surface area contributed by atoms with Gasteiger partial charge < -0.3 is 33.2 Å². The molecule has 0 fully saturated rings. The third-order valence-electron chi connectivity index (χ3n) is 6.36. The highest BCUT2D eigenvalue weighted by molar-refractivity contribution is 5.96. The van der Waals surface area contributed by atoms with Gasteiger partial charge in [-0.2, -0.15) is 0 Å². The lowest BCUT2D eigenvalue weighted by Gasteiger charge is -2.24. The average Bonchev–Trinajstić information content (AvgIpc) is 3.00. The van der Waals surface area contributed by atoms with E-state index in [1.165, 1.54) is 14.2 Å². The molecule has 1 unspecified atom stereocenters. The number of carbonyl (C=O) groups is 1. The molecule has 3 aromatic rings. The van der Waals surface area contributed by atoms with Gasteiger partial charge in [0, 0.05) is 5.56 Å². The molecule has 1 atom stereocenters. The molecule has 8 nitrogen and oxygen atoms in total. The maximum absolute atomic E-state index is 13.2. The first kappa shape index (κ1) is 30.9. The summed E-state index contributed by atoms with van der Waals surface area (Å²) in [6.45, 7) is 11.9. The molecule has 0 aliphatic heterocycles. The molecule has 0 heterocycles. The van der Waals surface area contributed by atoms with E-state index < -0.39 is 12.1 Å². The molecule has 41 heavy (non-hydrogen) atoms. The van der Waals surface area contributed by atoms with Crippen LogP contribution in [-0.2, 0) is 20.6 Å². The fourth-order valence-corrected chi connectivity index (χ4v) is 4.21. The molecule has 0 aromatic heterocycles. The Bertz CT molecular complexity index is 1310. The first-order valence-corrected chi connectivity index (χ1v) is 13.1. The van der Waals surface area contributed by atoms with Crippen molar-refractivity contribution in [1.29, 1.82) is 0 Å². The van der Waals surface area contributed by atoms with Gasteiger partial charge in [-0.25, -0.2) is 4.79 Å².